The lowest BCUT2D eigenvalue weighted by atomic mass is 10.3. The van der Waals surface area contributed by atoms with Crippen LogP contribution in [0.15, 0.2) is 28.7 Å². The van der Waals surface area contributed by atoms with Crippen LogP contribution in [-0.2, 0) is 4.79 Å². The van der Waals surface area contributed by atoms with Crippen molar-refractivity contribution in [1.29, 1.82) is 0 Å². The van der Waals surface area contributed by atoms with Gasteiger partial charge in [0.25, 0.3) is 0 Å². The zero-order valence-corrected chi connectivity index (χ0v) is 9.97. The molecule has 0 aromatic heterocycles. The SMILES string of the molecule is O=C(CCC[N+](=O)[O-])Oc1ccc(Br)cc1. The van der Waals surface area contributed by atoms with E-state index in [1.807, 2.05) is 0 Å². The summed E-state index contributed by atoms with van der Waals surface area (Å²) in [4.78, 5) is 20.8. The van der Waals surface area contributed by atoms with Gasteiger partial charge in [0.05, 0.1) is 6.42 Å². The van der Waals surface area contributed by atoms with Gasteiger partial charge in [-0.05, 0) is 24.3 Å². The van der Waals surface area contributed by atoms with E-state index in [-0.39, 0.29) is 19.4 Å². The van der Waals surface area contributed by atoms with Crippen molar-refractivity contribution in [3.8, 4) is 5.75 Å². The first-order chi connectivity index (χ1) is 7.58. The third-order valence-corrected chi connectivity index (χ3v) is 2.30. The molecule has 86 valence electrons. The van der Waals surface area contributed by atoms with Crippen molar-refractivity contribution in [2.75, 3.05) is 6.54 Å². The van der Waals surface area contributed by atoms with Crippen LogP contribution in [0, 0.1) is 10.1 Å². The van der Waals surface area contributed by atoms with E-state index < -0.39 is 10.9 Å². The third-order valence-electron chi connectivity index (χ3n) is 1.77. The molecule has 0 radical (unpaired) electrons. The maximum atomic E-state index is 11.2. The monoisotopic (exact) mass is 287 g/mol. The number of esters is 1. The molecule has 0 saturated heterocycles. The number of ether oxygens (including phenoxy) is 1. The molecule has 0 saturated carbocycles. The Balaban J connectivity index is 2.34. The van der Waals surface area contributed by atoms with Crippen molar-refractivity contribution >= 4 is 21.9 Å². The molecular formula is C10H10BrNO4. The summed E-state index contributed by atoms with van der Waals surface area (Å²) in [5, 5.41) is 10.0. The second kappa shape index (κ2) is 6.22. The molecule has 0 unspecified atom stereocenters. The average molecular weight is 288 g/mol. The fraction of sp³-hybridized carbons (Fsp3) is 0.300. The van der Waals surface area contributed by atoms with Crippen molar-refractivity contribution in [3.05, 3.63) is 38.9 Å². The van der Waals surface area contributed by atoms with E-state index in [1.165, 1.54) is 0 Å². The summed E-state index contributed by atoms with van der Waals surface area (Å²) >= 11 is 3.25. The number of nitro groups is 1. The van der Waals surface area contributed by atoms with Crippen LogP contribution >= 0.6 is 15.9 Å². The Kier molecular flexibility index (Phi) is 4.91. The van der Waals surface area contributed by atoms with Gasteiger partial charge in [-0.2, -0.15) is 0 Å². The van der Waals surface area contributed by atoms with Gasteiger partial charge in [0, 0.05) is 15.8 Å². The molecule has 0 spiro atoms. The van der Waals surface area contributed by atoms with E-state index >= 15 is 0 Å². The third kappa shape index (κ3) is 4.88. The largest absolute Gasteiger partial charge is 0.427 e. The molecule has 0 aliphatic rings. The van der Waals surface area contributed by atoms with Crippen molar-refractivity contribution in [2.45, 2.75) is 12.8 Å². The van der Waals surface area contributed by atoms with Gasteiger partial charge in [-0.3, -0.25) is 14.9 Å². The topological polar surface area (TPSA) is 69.4 Å². The van der Waals surface area contributed by atoms with Crippen molar-refractivity contribution in [1.82, 2.24) is 0 Å². The summed E-state index contributed by atoms with van der Waals surface area (Å²) in [7, 11) is 0. The maximum absolute atomic E-state index is 11.2. The molecular weight excluding hydrogens is 278 g/mol. The zero-order valence-electron chi connectivity index (χ0n) is 8.39. The Bertz CT molecular complexity index is 377. The molecule has 1 rings (SSSR count). The number of carbonyl (C=O) groups excluding carboxylic acids is 1. The van der Waals surface area contributed by atoms with Gasteiger partial charge in [0.1, 0.15) is 5.75 Å². The highest BCUT2D eigenvalue weighted by molar-refractivity contribution is 9.10. The molecule has 6 heteroatoms. The summed E-state index contributed by atoms with van der Waals surface area (Å²) in [5.74, 6) is -0.0153. The van der Waals surface area contributed by atoms with Crippen LogP contribution < -0.4 is 4.74 Å². The van der Waals surface area contributed by atoms with Crippen molar-refractivity contribution in [2.24, 2.45) is 0 Å². The number of hydrogen-bond donors (Lipinski definition) is 0. The number of rotatable bonds is 5. The van der Waals surface area contributed by atoms with Crippen LogP contribution in [0.2, 0.25) is 0 Å². The zero-order chi connectivity index (χ0) is 12.0. The summed E-state index contributed by atoms with van der Waals surface area (Å²) in [6.45, 7) is -0.213. The van der Waals surface area contributed by atoms with E-state index in [0.29, 0.717) is 5.75 Å². The van der Waals surface area contributed by atoms with Crippen LogP contribution in [0.4, 0.5) is 0 Å². The Morgan fingerprint density at radius 1 is 1.38 bits per heavy atom. The number of nitrogens with zero attached hydrogens (tertiary/aromatic N) is 1. The first-order valence-electron chi connectivity index (χ1n) is 4.66. The molecule has 0 fully saturated rings. The Morgan fingerprint density at radius 3 is 2.56 bits per heavy atom. The van der Waals surface area contributed by atoms with Crippen molar-refractivity contribution in [3.63, 3.8) is 0 Å². The second-order valence-electron chi connectivity index (χ2n) is 3.09. The minimum Gasteiger partial charge on any atom is -0.427 e. The number of carbonyl (C=O) groups is 1. The second-order valence-corrected chi connectivity index (χ2v) is 4.00. The number of benzene rings is 1. The number of halogens is 1. The molecule has 0 atom stereocenters. The van der Waals surface area contributed by atoms with E-state index in [0.717, 1.165) is 4.47 Å². The minimum atomic E-state index is -0.454. The lowest BCUT2D eigenvalue weighted by Gasteiger charge is -2.02. The van der Waals surface area contributed by atoms with Gasteiger partial charge >= 0.3 is 5.97 Å². The van der Waals surface area contributed by atoms with Gasteiger partial charge in [-0.25, -0.2) is 0 Å². The Morgan fingerprint density at radius 2 is 2.00 bits per heavy atom. The molecule has 0 bridgehead atoms. The average Bonchev–Trinajstić information content (AvgIpc) is 2.21. The van der Waals surface area contributed by atoms with Gasteiger partial charge in [0.15, 0.2) is 0 Å². The summed E-state index contributed by atoms with van der Waals surface area (Å²) in [5.41, 5.74) is 0. The molecule has 0 amide bonds. The van der Waals surface area contributed by atoms with Gasteiger partial charge < -0.3 is 4.74 Å². The lowest BCUT2D eigenvalue weighted by Crippen LogP contribution is -2.10. The van der Waals surface area contributed by atoms with Gasteiger partial charge in [-0.1, -0.05) is 15.9 Å². The van der Waals surface area contributed by atoms with Crippen LogP contribution in [-0.4, -0.2) is 17.4 Å². The summed E-state index contributed by atoms with van der Waals surface area (Å²) in [6, 6.07) is 6.80. The van der Waals surface area contributed by atoms with E-state index in [1.54, 1.807) is 24.3 Å². The highest BCUT2D eigenvalue weighted by Gasteiger charge is 2.07. The van der Waals surface area contributed by atoms with Gasteiger partial charge in [0.2, 0.25) is 6.54 Å². The fourth-order valence-corrected chi connectivity index (χ4v) is 1.30. The molecule has 1 aromatic carbocycles. The highest BCUT2D eigenvalue weighted by atomic mass is 79.9. The summed E-state index contributed by atoms with van der Waals surface area (Å²) < 4.78 is 5.86. The molecule has 0 aliphatic heterocycles. The van der Waals surface area contributed by atoms with Crippen LogP contribution in [0.25, 0.3) is 0 Å². The predicted molar refractivity (Wildman–Crippen MR) is 60.9 cm³/mol. The molecule has 5 nitrogen and oxygen atoms in total. The molecule has 0 aliphatic carbocycles. The normalized spacial score (nSPS) is 9.81. The Hall–Kier alpha value is -1.43. The van der Waals surface area contributed by atoms with Gasteiger partial charge in [-0.15, -0.1) is 0 Å². The lowest BCUT2D eigenvalue weighted by molar-refractivity contribution is -0.480. The summed E-state index contributed by atoms with van der Waals surface area (Å²) in [6.07, 6.45) is 0.249. The Labute approximate surface area is 101 Å². The standard InChI is InChI=1S/C10H10BrNO4/c11-8-3-5-9(6-4-8)16-10(13)2-1-7-12(14)15/h3-6H,1-2,7H2. The smallest absolute Gasteiger partial charge is 0.311 e. The van der Waals surface area contributed by atoms with Crippen LogP contribution in [0.5, 0.6) is 5.75 Å². The van der Waals surface area contributed by atoms with E-state index in [4.69, 9.17) is 4.74 Å². The van der Waals surface area contributed by atoms with E-state index in [9.17, 15) is 14.9 Å². The number of hydrogen-bond acceptors (Lipinski definition) is 4. The van der Waals surface area contributed by atoms with Crippen LogP contribution in [0.3, 0.4) is 0 Å². The van der Waals surface area contributed by atoms with E-state index in [2.05, 4.69) is 15.9 Å². The first-order valence-corrected chi connectivity index (χ1v) is 5.45. The quantitative estimate of drug-likeness (QED) is 0.361. The highest BCUT2D eigenvalue weighted by Crippen LogP contribution is 2.16. The molecule has 1 aromatic rings. The first kappa shape index (κ1) is 12.6. The minimum absolute atomic E-state index is 0.0526. The van der Waals surface area contributed by atoms with Crippen LogP contribution in [0.1, 0.15) is 12.8 Å². The fourth-order valence-electron chi connectivity index (χ4n) is 1.04. The molecule has 0 heterocycles. The van der Waals surface area contributed by atoms with Crippen molar-refractivity contribution < 1.29 is 14.5 Å². The predicted octanol–water partition coefficient (Wildman–Crippen LogP) is 2.41. The maximum Gasteiger partial charge on any atom is 0.311 e. The molecule has 16 heavy (non-hydrogen) atoms. The molecule has 0 N–H and O–H groups in total.